The zero-order valence-electron chi connectivity index (χ0n) is 8.83. The zero-order valence-corrected chi connectivity index (χ0v) is 10.4. The van der Waals surface area contributed by atoms with Gasteiger partial charge in [-0.1, -0.05) is 0 Å². The number of rotatable bonds is 3. The van der Waals surface area contributed by atoms with E-state index in [-0.39, 0.29) is 0 Å². The maximum Gasteiger partial charge on any atom is 0.100 e. The van der Waals surface area contributed by atoms with Gasteiger partial charge in [0.1, 0.15) is 6.07 Å². The lowest BCUT2D eigenvalue weighted by atomic mass is 9.80. The number of nitriles is 1. The summed E-state index contributed by atoms with van der Waals surface area (Å²) in [6.45, 7) is 0.575. The Bertz CT molecular complexity index is 435. The Balaban J connectivity index is 2.00. The van der Waals surface area contributed by atoms with Gasteiger partial charge in [-0.05, 0) is 53.4 Å². The van der Waals surface area contributed by atoms with Gasteiger partial charge in [0.05, 0.1) is 11.2 Å². The van der Waals surface area contributed by atoms with E-state index in [0.29, 0.717) is 12.1 Å². The van der Waals surface area contributed by atoms with Gasteiger partial charge in [-0.2, -0.15) is 5.26 Å². The minimum Gasteiger partial charge on any atom is -0.388 e. The molecule has 0 aliphatic heterocycles. The number of nitrogens with zero attached hydrogens (tertiary/aromatic N) is 1. The van der Waals surface area contributed by atoms with Crippen molar-refractivity contribution >= 4 is 21.6 Å². The summed E-state index contributed by atoms with van der Waals surface area (Å²) in [7, 11) is 0. The van der Waals surface area contributed by atoms with Crippen LogP contribution in [0, 0.1) is 11.3 Å². The molecule has 1 aromatic carbocycles. The van der Waals surface area contributed by atoms with Crippen molar-refractivity contribution in [3.05, 3.63) is 28.2 Å². The predicted octanol–water partition coefficient (Wildman–Crippen LogP) is 2.65. The third kappa shape index (κ3) is 2.37. The highest BCUT2D eigenvalue weighted by Crippen LogP contribution is 2.32. The minimum atomic E-state index is -0.527. The molecule has 16 heavy (non-hydrogen) atoms. The Labute approximate surface area is 103 Å². The molecular formula is C12H13BrN2O. The molecule has 1 aliphatic carbocycles. The fourth-order valence-corrected chi connectivity index (χ4v) is 2.21. The number of hydrogen-bond donors (Lipinski definition) is 2. The van der Waals surface area contributed by atoms with E-state index in [0.717, 1.165) is 29.4 Å². The molecule has 1 saturated carbocycles. The normalized spacial score (nSPS) is 17.3. The standard InChI is InChI=1S/C12H13BrN2O/c13-11-6-10(3-2-9(11)7-14)15-8-12(16)4-1-5-12/h2-3,6,15-16H,1,4-5,8H2. The van der Waals surface area contributed by atoms with Crippen molar-refractivity contribution < 1.29 is 5.11 Å². The van der Waals surface area contributed by atoms with E-state index in [9.17, 15) is 5.11 Å². The van der Waals surface area contributed by atoms with Crippen LogP contribution in [0.25, 0.3) is 0 Å². The van der Waals surface area contributed by atoms with E-state index in [1.807, 2.05) is 12.1 Å². The summed E-state index contributed by atoms with van der Waals surface area (Å²) in [5.41, 5.74) is 1.01. The van der Waals surface area contributed by atoms with Gasteiger partial charge in [-0.15, -0.1) is 0 Å². The molecule has 0 aromatic heterocycles. The summed E-state index contributed by atoms with van der Waals surface area (Å²) in [6, 6.07) is 7.57. The average molecular weight is 281 g/mol. The molecule has 0 heterocycles. The van der Waals surface area contributed by atoms with Gasteiger partial charge in [0.15, 0.2) is 0 Å². The molecular weight excluding hydrogens is 268 g/mol. The highest BCUT2D eigenvalue weighted by molar-refractivity contribution is 9.10. The van der Waals surface area contributed by atoms with Gasteiger partial charge < -0.3 is 10.4 Å². The summed E-state index contributed by atoms with van der Waals surface area (Å²) in [5.74, 6) is 0. The number of halogens is 1. The zero-order chi connectivity index (χ0) is 11.6. The molecule has 0 atom stereocenters. The lowest BCUT2D eigenvalue weighted by Gasteiger charge is -2.36. The Kier molecular flexibility index (Phi) is 3.17. The van der Waals surface area contributed by atoms with Gasteiger partial charge in [-0.25, -0.2) is 0 Å². The van der Waals surface area contributed by atoms with Gasteiger partial charge >= 0.3 is 0 Å². The van der Waals surface area contributed by atoms with E-state index >= 15 is 0 Å². The van der Waals surface area contributed by atoms with Gasteiger partial charge in [0.2, 0.25) is 0 Å². The maximum atomic E-state index is 9.91. The quantitative estimate of drug-likeness (QED) is 0.895. The molecule has 0 saturated heterocycles. The summed E-state index contributed by atoms with van der Waals surface area (Å²) in [4.78, 5) is 0. The molecule has 0 unspecified atom stereocenters. The lowest BCUT2D eigenvalue weighted by molar-refractivity contribution is -0.0201. The van der Waals surface area contributed by atoms with Crippen LogP contribution in [0.2, 0.25) is 0 Å². The summed E-state index contributed by atoms with van der Waals surface area (Å²) in [5, 5.41) is 21.9. The first kappa shape index (κ1) is 11.4. The van der Waals surface area contributed by atoms with Crippen molar-refractivity contribution in [3.63, 3.8) is 0 Å². The molecule has 2 rings (SSSR count). The molecule has 2 N–H and O–H groups in total. The largest absolute Gasteiger partial charge is 0.388 e. The second-order valence-corrected chi connectivity index (χ2v) is 5.09. The van der Waals surface area contributed by atoms with Crippen LogP contribution < -0.4 is 5.32 Å². The number of benzene rings is 1. The summed E-state index contributed by atoms with van der Waals surface area (Å²) >= 11 is 3.33. The Morgan fingerprint density at radius 2 is 2.25 bits per heavy atom. The Morgan fingerprint density at radius 3 is 2.75 bits per heavy atom. The third-order valence-electron chi connectivity index (χ3n) is 3.00. The molecule has 84 valence electrons. The van der Waals surface area contributed by atoms with E-state index in [2.05, 4.69) is 27.3 Å². The second-order valence-electron chi connectivity index (χ2n) is 4.24. The van der Waals surface area contributed by atoms with Crippen molar-refractivity contribution in [2.75, 3.05) is 11.9 Å². The van der Waals surface area contributed by atoms with E-state index in [1.54, 1.807) is 6.07 Å². The van der Waals surface area contributed by atoms with E-state index in [1.165, 1.54) is 0 Å². The smallest absolute Gasteiger partial charge is 0.100 e. The van der Waals surface area contributed by atoms with Crippen molar-refractivity contribution in [2.24, 2.45) is 0 Å². The monoisotopic (exact) mass is 280 g/mol. The second kappa shape index (κ2) is 4.44. The average Bonchev–Trinajstić information content (AvgIpc) is 2.24. The van der Waals surface area contributed by atoms with Crippen LogP contribution in [0.4, 0.5) is 5.69 Å². The van der Waals surface area contributed by atoms with Crippen molar-refractivity contribution in [3.8, 4) is 6.07 Å². The van der Waals surface area contributed by atoms with Crippen LogP contribution in [0.3, 0.4) is 0 Å². The number of nitrogens with one attached hydrogen (secondary N) is 1. The fourth-order valence-electron chi connectivity index (χ4n) is 1.74. The summed E-state index contributed by atoms with van der Waals surface area (Å²) < 4.78 is 0.778. The van der Waals surface area contributed by atoms with E-state index in [4.69, 9.17) is 5.26 Å². The van der Waals surface area contributed by atoms with Crippen LogP contribution >= 0.6 is 15.9 Å². The van der Waals surface area contributed by atoms with Crippen LogP contribution in [-0.2, 0) is 0 Å². The molecule has 1 fully saturated rings. The number of aliphatic hydroxyl groups is 1. The lowest BCUT2D eigenvalue weighted by Crippen LogP contribution is -2.43. The van der Waals surface area contributed by atoms with Gasteiger partial charge in [0.25, 0.3) is 0 Å². The van der Waals surface area contributed by atoms with Crippen LogP contribution in [0.5, 0.6) is 0 Å². The minimum absolute atomic E-state index is 0.527. The summed E-state index contributed by atoms with van der Waals surface area (Å²) in [6.07, 6.45) is 2.85. The first-order valence-corrected chi connectivity index (χ1v) is 6.08. The third-order valence-corrected chi connectivity index (χ3v) is 3.65. The predicted molar refractivity (Wildman–Crippen MR) is 66.1 cm³/mol. The number of anilines is 1. The van der Waals surface area contributed by atoms with Crippen LogP contribution in [0.1, 0.15) is 24.8 Å². The molecule has 1 aromatic rings. The Morgan fingerprint density at radius 1 is 1.50 bits per heavy atom. The highest BCUT2D eigenvalue weighted by atomic mass is 79.9. The van der Waals surface area contributed by atoms with Crippen molar-refractivity contribution in [1.29, 1.82) is 5.26 Å². The molecule has 0 spiro atoms. The molecule has 4 heteroatoms. The first-order chi connectivity index (χ1) is 7.63. The van der Waals surface area contributed by atoms with E-state index < -0.39 is 5.60 Å². The number of hydrogen-bond acceptors (Lipinski definition) is 3. The first-order valence-electron chi connectivity index (χ1n) is 5.29. The molecule has 0 amide bonds. The Hall–Kier alpha value is -1.05. The fraction of sp³-hybridized carbons (Fsp3) is 0.417. The van der Waals surface area contributed by atoms with Crippen molar-refractivity contribution in [1.82, 2.24) is 0 Å². The maximum absolute atomic E-state index is 9.91. The SMILES string of the molecule is N#Cc1ccc(NCC2(O)CCC2)cc1Br. The topological polar surface area (TPSA) is 56.0 Å². The van der Waals surface area contributed by atoms with Gasteiger partial charge in [0, 0.05) is 16.7 Å². The van der Waals surface area contributed by atoms with Gasteiger partial charge in [-0.3, -0.25) is 0 Å². The molecule has 1 aliphatic rings. The van der Waals surface area contributed by atoms with Crippen LogP contribution in [0.15, 0.2) is 22.7 Å². The molecule has 0 radical (unpaired) electrons. The molecule has 3 nitrogen and oxygen atoms in total. The highest BCUT2D eigenvalue weighted by Gasteiger charge is 2.33. The van der Waals surface area contributed by atoms with Crippen LogP contribution in [-0.4, -0.2) is 17.3 Å². The van der Waals surface area contributed by atoms with Crippen molar-refractivity contribution in [2.45, 2.75) is 24.9 Å². The molecule has 0 bridgehead atoms.